The number of benzene rings is 2. The van der Waals surface area contributed by atoms with Gasteiger partial charge in [-0.05, 0) is 69.3 Å². The van der Waals surface area contributed by atoms with Crippen molar-refractivity contribution in [2.75, 3.05) is 17.7 Å². The number of aromatic nitrogens is 3. The molecule has 3 rings (SSSR count). The molecule has 0 bridgehead atoms. The summed E-state index contributed by atoms with van der Waals surface area (Å²) in [5.74, 6) is 1.68. The minimum atomic E-state index is -0.384. The van der Waals surface area contributed by atoms with Gasteiger partial charge in [-0.25, -0.2) is 4.39 Å². The maximum atomic E-state index is 13.1. The summed E-state index contributed by atoms with van der Waals surface area (Å²) in [7, 11) is 0. The van der Waals surface area contributed by atoms with Crippen LogP contribution in [-0.4, -0.2) is 33.0 Å². The molecule has 164 valence electrons. The van der Waals surface area contributed by atoms with Crippen molar-refractivity contribution in [3.8, 4) is 11.5 Å². The Labute approximate surface area is 185 Å². The van der Waals surface area contributed by atoms with Crippen molar-refractivity contribution in [1.29, 1.82) is 0 Å². The SMILES string of the molecule is CCOc1ccc(NC(=O)CSc2nnc(C(C)Oc3ccc(F)cc3)n2CC)cc1. The second-order valence-corrected chi connectivity index (χ2v) is 7.54. The third-order valence-corrected chi connectivity index (χ3v) is 5.30. The van der Waals surface area contributed by atoms with Crippen LogP contribution in [-0.2, 0) is 11.3 Å². The lowest BCUT2D eigenvalue weighted by atomic mass is 10.3. The number of thioether (sulfide) groups is 1. The quantitative estimate of drug-likeness (QED) is 0.457. The number of hydrogen-bond donors (Lipinski definition) is 1. The van der Waals surface area contributed by atoms with E-state index in [9.17, 15) is 9.18 Å². The van der Waals surface area contributed by atoms with E-state index in [2.05, 4.69) is 15.5 Å². The molecular weight excluding hydrogens is 419 g/mol. The summed E-state index contributed by atoms with van der Waals surface area (Å²) >= 11 is 1.30. The van der Waals surface area contributed by atoms with Crippen LogP contribution in [0.1, 0.15) is 32.7 Å². The molecule has 0 spiro atoms. The number of carbonyl (C=O) groups excluding carboxylic acids is 1. The van der Waals surface area contributed by atoms with Gasteiger partial charge in [0.25, 0.3) is 0 Å². The molecule has 1 unspecified atom stereocenters. The molecule has 0 saturated heterocycles. The van der Waals surface area contributed by atoms with Crippen molar-refractivity contribution in [2.24, 2.45) is 0 Å². The Morgan fingerprint density at radius 1 is 1.10 bits per heavy atom. The zero-order chi connectivity index (χ0) is 22.2. The van der Waals surface area contributed by atoms with Crippen LogP contribution in [0.15, 0.2) is 53.7 Å². The van der Waals surface area contributed by atoms with Crippen molar-refractivity contribution in [3.63, 3.8) is 0 Å². The molecule has 0 fully saturated rings. The normalized spacial score (nSPS) is 11.7. The van der Waals surface area contributed by atoms with E-state index in [1.807, 2.05) is 37.5 Å². The molecule has 0 aliphatic heterocycles. The molecule has 31 heavy (non-hydrogen) atoms. The molecule has 1 heterocycles. The van der Waals surface area contributed by atoms with Gasteiger partial charge in [0.05, 0.1) is 12.4 Å². The van der Waals surface area contributed by atoms with E-state index in [-0.39, 0.29) is 23.6 Å². The number of nitrogens with one attached hydrogen (secondary N) is 1. The summed E-state index contributed by atoms with van der Waals surface area (Å²) in [5.41, 5.74) is 0.702. The van der Waals surface area contributed by atoms with Gasteiger partial charge in [-0.1, -0.05) is 11.8 Å². The fourth-order valence-corrected chi connectivity index (χ4v) is 3.71. The predicted octanol–water partition coefficient (Wildman–Crippen LogP) is 4.71. The number of amides is 1. The van der Waals surface area contributed by atoms with Gasteiger partial charge in [-0.3, -0.25) is 4.79 Å². The predicted molar refractivity (Wildman–Crippen MR) is 118 cm³/mol. The molecule has 7 nitrogen and oxygen atoms in total. The van der Waals surface area contributed by atoms with Crippen LogP contribution < -0.4 is 14.8 Å². The van der Waals surface area contributed by atoms with Crippen molar-refractivity contribution < 1.29 is 18.7 Å². The van der Waals surface area contributed by atoms with E-state index in [4.69, 9.17) is 9.47 Å². The Balaban J connectivity index is 1.58. The Morgan fingerprint density at radius 2 is 1.77 bits per heavy atom. The zero-order valence-electron chi connectivity index (χ0n) is 17.7. The van der Waals surface area contributed by atoms with Gasteiger partial charge in [0.1, 0.15) is 17.3 Å². The van der Waals surface area contributed by atoms with Gasteiger partial charge in [0.15, 0.2) is 17.1 Å². The topological polar surface area (TPSA) is 78.3 Å². The largest absolute Gasteiger partial charge is 0.494 e. The first-order valence-electron chi connectivity index (χ1n) is 10.0. The molecule has 1 amide bonds. The highest BCUT2D eigenvalue weighted by Crippen LogP contribution is 2.25. The van der Waals surface area contributed by atoms with E-state index in [0.717, 1.165) is 5.75 Å². The lowest BCUT2D eigenvalue weighted by Gasteiger charge is -2.15. The minimum absolute atomic E-state index is 0.142. The molecule has 0 aliphatic rings. The monoisotopic (exact) mass is 444 g/mol. The first-order valence-corrected chi connectivity index (χ1v) is 11.0. The number of anilines is 1. The van der Waals surface area contributed by atoms with E-state index in [1.165, 1.54) is 23.9 Å². The van der Waals surface area contributed by atoms with Crippen LogP contribution in [0.2, 0.25) is 0 Å². The van der Waals surface area contributed by atoms with Crippen molar-refractivity contribution in [2.45, 2.75) is 38.6 Å². The molecule has 0 saturated carbocycles. The van der Waals surface area contributed by atoms with Crippen LogP contribution >= 0.6 is 11.8 Å². The van der Waals surface area contributed by atoms with Crippen LogP contribution in [0.25, 0.3) is 0 Å². The third kappa shape index (κ3) is 6.21. The maximum Gasteiger partial charge on any atom is 0.234 e. The molecule has 1 atom stereocenters. The summed E-state index contributed by atoms with van der Waals surface area (Å²) in [4.78, 5) is 12.3. The highest BCUT2D eigenvalue weighted by atomic mass is 32.2. The van der Waals surface area contributed by atoms with Gasteiger partial charge < -0.3 is 19.4 Å². The smallest absolute Gasteiger partial charge is 0.234 e. The summed E-state index contributed by atoms with van der Waals surface area (Å²) in [6.45, 7) is 6.97. The van der Waals surface area contributed by atoms with Gasteiger partial charge >= 0.3 is 0 Å². The standard InChI is InChI=1S/C22H25FN4O3S/c1-4-27-21(15(3)30-19-10-6-16(23)7-11-19)25-26-22(27)31-14-20(28)24-17-8-12-18(13-9-17)29-5-2/h6-13,15H,4-5,14H2,1-3H3,(H,24,28). The lowest BCUT2D eigenvalue weighted by Crippen LogP contribution is -2.15. The minimum Gasteiger partial charge on any atom is -0.494 e. The summed E-state index contributed by atoms with van der Waals surface area (Å²) < 4.78 is 26.2. The Morgan fingerprint density at radius 3 is 2.42 bits per heavy atom. The van der Waals surface area contributed by atoms with E-state index in [1.54, 1.807) is 24.3 Å². The summed E-state index contributed by atoms with van der Waals surface area (Å²) in [6.07, 6.45) is -0.384. The van der Waals surface area contributed by atoms with Crippen molar-refractivity contribution in [3.05, 3.63) is 60.2 Å². The summed E-state index contributed by atoms with van der Waals surface area (Å²) in [5, 5.41) is 11.9. The van der Waals surface area contributed by atoms with Crippen LogP contribution in [0.4, 0.5) is 10.1 Å². The number of carbonyl (C=O) groups is 1. The number of nitrogens with zero attached hydrogens (tertiary/aromatic N) is 3. The third-order valence-electron chi connectivity index (χ3n) is 4.33. The van der Waals surface area contributed by atoms with Crippen LogP contribution in [0.3, 0.4) is 0 Å². The molecule has 1 N–H and O–H groups in total. The number of ether oxygens (including phenoxy) is 2. The van der Waals surface area contributed by atoms with Crippen LogP contribution in [0, 0.1) is 5.82 Å². The van der Waals surface area contributed by atoms with Crippen molar-refractivity contribution in [1.82, 2.24) is 14.8 Å². The fourth-order valence-electron chi connectivity index (χ4n) is 2.90. The average molecular weight is 445 g/mol. The van der Waals surface area contributed by atoms with E-state index in [0.29, 0.717) is 35.6 Å². The highest BCUT2D eigenvalue weighted by molar-refractivity contribution is 7.99. The Kier molecular flexibility index (Phi) is 7.88. The van der Waals surface area contributed by atoms with Gasteiger partial charge in [-0.15, -0.1) is 10.2 Å². The maximum absolute atomic E-state index is 13.1. The molecule has 2 aromatic carbocycles. The van der Waals surface area contributed by atoms with Gasteiger partial charge in [0, 0.05) is 12.2 Å². The van der Waals surface area contributed by atoms with Gasteiger partial charge in [0.2, 0.25) is 5.91 Å². The van der Waals surface area contributed by atoms with Gasteiger partial charge in [-0.2, -0.15) is 0 Å². The molecule has 9 heteroatoms. The Bertz CT molecular complexity index is 993. The molecular formula is C22H25FN4O3S. The Hall–Kier alpha value is -3.07. The second-order valence-electron chi connectivity index (χ2n) is 6.59. The number of hydrogen-bond acceptors (Lipinski definition) is 6. The first kappa shape index (κ1) is 22.6. The molecule has 0 radical (unpaired) electrons. The lowest BCUT2D eigenvalue weighted by molar-refractivity contribution is -0.113. The van der Waals surface area contributed by atoms with E-state index < -0.39 is 0 Å². The molecule has 0 aliphatic carbocycles. The van der Waals surface area contributed by atoms with Crippen molar-refractivity contribution >= 4 is 23.4 Å². The average Bonchev–Trinajstić information content (AvgIpc) is 3.18. The molecule has 3 aromatic rings. The second kappa shape index (κ2) is 10.8. The number of rotatable bonds is 10. The summed E-state index contributed by atoms with van der Waals surface area (Å²) in [6, 6.07) is 13.1. The van der Waals surface area contributed by atoms with E-state index >= 15 is 0 Å². The number of halogens is 1. The van der Waals surface area contributed by atoms with Crippen LogP contribution in [0.5, 0.6) is 11.5 Å². The first-order chi connectivity index (χ1) is 15.0. The zero-order valence-corrected chi connectivity index (χ0v) is 18.5. The highest BCUT2D eigenvalue weighted by Gasteiger charge is 2.19. The molecule has 1 aromatic heterocycles. The fraction of sp³-hybridized carbons (Fsp3) is 0.318.